The van der Waals surface area contributed by atoms with Gasteiger partial charge in [-0.3, -0.25) is 19.3 Å². The van der Waals surface area contributed by atoms with Crippen molar-refractivity contribution < 1.29 is 18.8 Å². The van der Waals surface area contributed by atoms with E-state index in [1.807, 2.05) is 0 Å². The molecular weight excluding hydrogens is 407 g/mol. The number of halogens is 1. The van der Waals surface area contributed by atoms with Gasteiger partial charge in [0.2, 0.25) is 17.7 Å². The third kappa shape index (κ3) is 4.95. The van der Waals surface area contributed by atoms with Crippen molar-refractivity contribution in [2.24, 2.45) is 5.73 Å². The fourth-order valence-electron chi connectivity index (χ4n) is 2.59. The first kappa shape index (κ1) is 20.9. The minimum atomic E-state index is -0.596. The molecule has 30 heavy (non-hydrogen) atoms. The summed E-state index contributed by atoms with van der Waals surface area (Å²) in [5.41, 5.74) is 6.45. The Morgan fingerprint density at radius 3 is 2.63 bits per heavy atom. The van der Waals surface area contributed by atoms with Crippen molar-refractivity contribution >= 4 is 51.6 Å². The molecule has 0 aliphatic carbocycles. The van der Waals surface area contributed by atoms with E-state index in [9.17, 15) is 18.8 Å². The molecule has 0 saturated heterocycles. The Hall–Kier alpha value is -3.85. The number of aromatic nitrogens is 1. The molecule has 0 fully saturated rings. The molecule has 0 spiro atoms. The van der Waals surface area contributed by atoms with E-state index in [-0.39, 0.29) is 16.4 Å². The fourth-order valence-corrected chi connectivity index (χ4v) is 3.44. The number of hydrogen-bond acceptors (Lipinski definition) is 5. The Bertz CT molecular complexity index is 1140. The van der Waals surface area contributed by atoms with Gasteiger partial charge in [0, 0.05) is 29.6 Å². The summed E-state index contributed by atoms with van der Waals surface area (Å²) in [5.74, 6) is -1.97. The maximum absolute atomic E-state index is 14.1. The molecule has 0 saturated carbocycles. The number of rotatable bonds is 6. The first-order valence-electron chi connectivity index (χ1n) is 8.75. The second kappa shape index (κ2) is 9.10. The van der Waals surface area contributed by atoms with E-state index in [0.29, 0.717) is 11.4 Å². The second-order valence-corrected chi connectivity index (χ2v) is 6.96. The molecular formula is C21H17FN4O3S. The zero-order valence-electron chi connectivity index (χ0n) is 15.8. The molecule has 9 heteroatoms. The zero-order chi connectivity index (χ0) is 21.7. The molecule has 3 amide bonds. The summed E-state index contributed by atoms with van der Waals surface area (Å²) in [4.78, 5) is 40.9. The Morgan fingerprint density at radius 2 is 1.93 bits per heavy atom. The summed E-state index contributed by atoms with van der Waals surface area (Å²) in [7, 11) is 0. The number of hydrogen-bond donors (Lipinski definition) is 2. The number of benzene rings is 2. The van der Waals surface area contributed by atoms with Crippen LogP contribution < -0.4 is 16.0 Å². The summed E-state index contributed by atoms with van der Waals surface area (Å²) >= 11 is 1.14. The molecule has 3 aromatic rings. The highest BCUT2D eigenvalue weighted by atomic mass is 32.1. The zero-order valence-corrected chi connectivity index (χ0v) is 16.7. The average molecular weight is 424 g/mol. The number of amides is 3. The van der Waals surface area contributed by atoms with Crippen molar-refractivity contribution in [3.8, 4) is 0 Å². The van der Waals surface area contributed by atoms with Crippen molar-refractivity contribution in [1.82, 2.24) is 4.98 Å². The van der Waals surface area contributed by atoms with Crippen LogP contribution in [0.4, 0.5) is 20.9 Å². The molecule has 0 aliphatic heterocycles. The number of thiazole rings is 1. The van der Waals surface area contributed by atoms with Crippen molar-refractivity contribution in [3.05, 3.63) is 77.1 Å². The van der Waals surface area contributed by atoms with Crippen LogP contribution in [0, 0.1) is 5.82 Å². The lowest BCUT2D eigenvalue weighted by Gasteiger charge is -2.18. The highest BCUT2D eigenvalue weighted by Gasteiger charge is 2.20. The summed E-state index contributed by atoms with van der Waals surface area (Å²) in [6.45, 7) is 1.32. The molecule has 3 N–H and O–H groups in total. The first-order chi connectivity index (χ1) is 14.3. The quantitative estimate of drug-likeness (QED) is 0.588. The number of carbonyl (C=O) groups excluding carboxylic acids is 3. The number of nitrogens with two attached hydrogens (primary N) is 1. The van der Waals surface area contributed by atoms with Gasteiger partial charge in [-0.1, -0.05) is 18.2 Å². The topological polar surface area (TPSA) is 105 Å². The monoisotopic (exact) mass is 424 g/mol. The Labute approximate surface area is 175 Å². The van der Waals surface area contributed by atoms with Crippen LogP contribution in [0.1, 0.15) is 23.0 Å². The van der Waals surface area contributed by atoms with Gasteiger partial charge in [0.15, 0.2) is 5.13 Å². The van der Waals surface area contributed by atoms with Crippen molar-refractivity contribution in [3.63, 3.8) is 0 Å². The van der Waals surface area contributed by atoms with Crippen LogP contribution >= 0.6 is 11.3 Å². The van der Waals surface area contributed by atoms with Gasteiger partial charge in [0.05, 0.1) is 11.4 Å². The van der Waals surface area contributed by atoms with Gasteiger partial charge in [-0.25, -0.2) is 9.37 Å². The van der Waals surface area contributed by atoms with E-state index in [4.69, 9.17) is 5.73 Å². The van der Waals surface area contributed by atoms with E-state index in [1.54, 1.807) is 29.6 Å². The van der Waals surface area contributed by atoms with Gasteiger partial charge in [-0.05, 0) is 36.4 Å². The molecule has 0 bridgehead atoms. The minimum absolute atomic E-state index is 0.0990. The predicted octanol–water partition coefficient (Wildman–Crippen LogP) is 3.72. The summed E-state index contributed by atoms with van der Waals surface area (Å²) < 4.78 is 14.1. The third-order valence-corrected chi connectivity index (χ3v) is 4.77. The highest BCUT2D eigenvalue weighted by Crippen LogP contribution is 2.30. The number of primary amides is 1. The van der Waals surface area contributed by atoms with Gasteiger partial charge in [0.1, 0.15) is 5.82 Å². The van der Waals surface area contributed by atoms with Gasteiger partial charge < -0.3 is 11.1 Å². The van der Waals surface area contributed by atoms with E-state index in [2.05, 4.69) is 10.3 Å². The lowest BCUT2D eigenvalue weighted by molar-refractivity contribution is -0.116. The Morgan fingerprint density at radius 1 is 1.17 bits per heavy atom. The first-order valence-corrected chi connectivity index (χ1v) is 9.63. The number of para-hydroxylation sites is 1. The number of anilines is 3. The van der Waals surface area contributed by atoms with Crippen LogP contribution in [0.15, 0.2) is 60.0 Å². The van der Waals surface area contributed by atoms with Crippen LogP contribution in [0.5, 0.6) is 0 Å². The normalized spacial score (nSPS) is 10.7. The molecule has 0 aliphatic rings. The van der Waals surface area contributed by atoms with E-state index in [0.717, 1.165) is 11.3 Å². The van der Waals surface area contributed by atoms with Crippen LogP contribution in [0.25, 0.3) is 6.08 Å². The molecule has 1 heterocycles. The fraction of sp³-hybridized carbons (Fsp3) is 0.0476. The largest absolute Gasteiger partial charge is 0.366 e. The lowest BCUT2D eigenvalue weighted by Crippen LogP contribution is -2.23. The smallest absolute Gasteiger partial charge is 0.248 e. The van der Waals surface area contributed by atoms with Crippen LogP contribution in [0.3, 0.4) is 0 Å². The number of nitrogens with one attached hydrogen (secondary N) is 1. The number of carbonyl (C=O) groups is 3. The third-order valence-electron chi connectivity index (χ3n) is 3.93. The molecule has 2 aromatic carbocycles. The van der Waals surface area contributed by atoms with E-state index in [1.165, 1.54) is 48.2 Å². The maximum Gasteiger partial charge on any atom is 0.248 e. The summed E-state index contributed by atoms with van der Waals surface area (Å²) in [5, 5.41) is 4.54. The van der Waals surface area contributed by atoms with Crippen molar-refractivity contribution in [2.75, 3.05) is 10.2 Å². The van der Waals surface area contributed by atoms with Crippen molar-refractivity contribution in [2.45, 2.75) is 6.92 Å². The average Bonchev–Trinajstić information content (AvgIpc) is 3.16. The molecule has 0 radical (unpaired) electrons. The van der Waals surface area contributed by atoms with Crippen LogP contribution in [0.2, 0.25) is 0 Å². The molecule has 1 aromatic heterocycles. The van der Waals surface area contributed by atoms with Gasteiger partial charge in [-0.15, -0.1) is 11.3 Å². The maximum atomic E-state index is 14.1. The summed E-state index contributed by atoms with van der Waals surface area (Å²) in [6, 6.07) is 12.1. The van der Waals surface area contributed by atoms with Gasteiger partial charge in [0.25, 0.3) is 0 Å². The molecule has 3 rings (SSSR count). The standard InChI is InChI=1S/C21H17FN4O3S/c1-13(27)26(18-8-3-2-7-17(18)22)21-25-16(12-30-21)9-10-19(28)24-15-6-4-5-14(11-15)20(23)29/h2-12H,1H3,(H2,23,29)(H,24,28)/b10-9+. The molecule has 152 valence electrons. The van der Waals surface area contributed by atoms with Gasteiger partial charge in [-0.2, -0.15) is 0 Å². The Kier molecular flexibility index (Phi) is 6.33. The summed E-state index contributed by atoms with van der Waals surface area (Å²) in [6.07, 6.45) is 2.73. The minimum Gasteiger partial charge on any atom is -0.366 e. The molecule has 0 unspecified atom stereocenters. The SMILES string of the molecule is CC(=O)N(c1nc(/C=C/C(=O)Nc2cccc(C(N)=O)c2)cs1)c1ccccc1F. The van der Waals surface area contributed by atoms with E-state index >= 15 is 0 Å². The van der Waals surface area contributed by atoms with E-state index < -0.39 is 23.5 Å². The molecule has 7 nitrogen and oxygen atoms in total. The predicted molar refractivity (Wildman–Crippen MR) is 114 cm³/mol. The second-order valence-electron chi connectivity index (χ2n) is 6.13. The van der Waals surface area contributed by atoms with Gasteiger partial charge >= 0.3 is 0 Å². The highest BCUT2D eigenvalue weighted by molar-refractivity contribution is 7.14. The lowest BCUT2D eigenvalue weighted by atomic mass is 10.2. The number of nitrogens with zero attached hydrogens (tertiary/aromatic N) is 2. The van der Waals surface area contributed by atoms with Crippen LogP contribution in [-0.2, 0) is 9.59 Å². The molecule has 0 atom stereocenters. The Balaban J connectivity index is 1.74. The van der Waals surface area contributed by atoms with Crippen molar-refractivity contribution in [1.29, 1.82) is 0 Å². The van der Waals surface area contributed by atoms with Crippen LogP contribution in [-0.4, -0.2) is 22.7 Å².